The monoisotopic (exact) mass is 269 g/mol. The highest BCUT2D eigenvalue weighted by molar-refractivity contribution is 6.30. The number of benzene rings is 1. The van der Waals surface area contributed by atoms with E-state index in [1.54, 1.807) is 0 Å². The van der Waals surface area contributed by atoms with Gasteiger partial charge >= 0.3 is 0 Å². The molecule has 0 aliphatic rings. The molecule has 0 aromatic heterocycles. The van der Waals surface area contributed by atoms with Gasteiger partial charge in [-0.2, -0.15) is 0 Å². The van der Waals surface area contributed by atoms with E-state index in [9.17, 15) is 0 Å². The molecule has 1 N–H and O–H groups in total. The summed E-state index contributed by atoms with van der Waals surface area (Å²) in [5.41, 5.74) is 1.01. The van der Waals surface area contributed by atoms with Gasteiger partial charge in [0, 0.05) is 11.1 Å². The summed E-state index contributed by atoms with van der Waals surface area (Å²) in [7, 11) is 0. The Morgan fingerprint density at radius 1 is 1.17 bits per heavy atom. The van der Waals surface area contributed by atoms with Gasteiger partial charge in [0.15, 0.2) is 0 Å². The first-order valence-corrected chi connectivity index (χ1v) is 7.27. The van der Waals surface area contributed by atoms with Crippen LogP contribution in [0, 0.1) is 0 Å². The first-order chi connectivity index (χ1) is 8.71. The maximum atomic E-state index is 6.06. The van der Waals surface area contributed by atoms with Gasteiger partial charge in [0.05, 0.1) is 12.3 Å². The Morgan fingerprint density at radius 3 is 2.39 bits per heavy atom. The summed E-state index contributed by atoms with van der Waals surface area (Å²) in [6, 6.07) is 6.25. The van der Waals surface area contributed by atoms with Crippen molar-refractivity contribution in [2.24, 2.45) is 0 Å². The molecule has 102 valence electrons. The SMILES string of the molecule is CCCC(CCC)Nc1cc(Cl)ccc1OCC. The molecule has 0 aliphatic heterocycles. The topological polar surface area (TPSA) is 21.3 Å². The smallest absolute Gasteiger partial charge is 0.142 e. The van der Waals surface area contributed by atoms with E-state index in [1.807, 2.05) is 25.1 Å². The molecule has 0 fully saturated rings. The maximum absolute atomic E-state index is 6.06. The fourth-order valence-corrected chi connectivity index (χ4v) is 2.27. The van der Waals surface area contributed by atoms with E-state index in [4.69, 9.17) is 16.3 Å². The van der Waals surface area contributed by atoms with Crippen LogP contribution >= 0.6 is 11.6 Å². The van der Waals surface area contributed by atoms with Crippen LogP contribution in [0.3, 0.4) is 0 Å². The summed E-state index contributed by atoms with van der Waals surface area (Å²) >= 11 is 6.06. The number of anilines is 1. The minimum atomic E-state index is 0.498. The number of halogens is 1. The van der Waals surface area contributed by atoms with E-state index >= 15 is 0 Å². The fraction of sp³-hybridized carbons (Fsp3) is 0.600. The van der Waals surface area contributed by atoms with Crippen LogP contribution in [-0.2, 0) is 0 Å². The first-order valence-electron chi connectivity index (χ1n) is 6.90. The summed E-state index contributed by atoms with van der Waals surface area (Å²) < 4.78 is 5.63. The number of ether oxygens (including phenoxy) is 1. The number of hydrogen-bond donors (Lipinski definition) is 1. The molecule has 1 rings (SSSR count). The average Bonchev–Trinajstić information content (AvgIpc) is 2.33. The van der Waals surface area contributed by atoms with Crippen LogP contribution in [0.5, 0.6) is 5.75 Å². The molecule has 0 atom stereocenters. The molecule has 0 aliphatic carbocycles. The number of nitrogens with one attached hydrogen (secondary N) is 1. The number of rotatable bonds is 8. The van der Waals surface area contributed by atoms with Gasteiger partial charge in [0.2, 0.25) is 0 Å². The van der Waals surface area contributed by atoms with Gasteiger partial charge in [-0.1, -0.05) is 38.3 Å². The van der Waals surface area contributed by atoms with Crippen LogP contribution in [0.4, 0.5) is 5.69 Å². The largest absolute Gasteiger partial charge is 0.492 e. The molecule has 2 nitrogen and oxygen atoms in total. The lowest BCUT2D eigenvalue weighted by Gasteiger charge is -2.21. The van der Waals surface area contributed by atoms with Gasteiger partial charge < -0.3 is 10.1 Å². The van der Waals surface area contributed by atoms with Crippen molar-refractivity contribution in [3.8, 4) is 5.75 Å². The molecular formula is C15H24ClNO. The summed E-state index contributed by atoms with van der Waals surface area (Å²) in [5.74, 6) is 0.888. The van der Waals surface area contributed by atoms with Gasteiger partial charge in [0.25, 0.3) is 0 Å². The third-order valence-electron chi connectivity index (χ3n) is 2.88. The van der Waals surface area contributed by atoms with Crippen LogP contribution in [0.1, 0.15) is 46.5 Å². The highest BCUT2D eigenvalue weighted by atomic mass is 35.5. The van der Waals surface area contributed by atoms with E-state index < -0.39 is 0 Å². The zero-order valence-corrected chi connectivity index (χ0v) is 12.4. The van der Waals surface area contributed by atoms with Crippen molar-refractivity contribution < 1.29 is 4.74 Å². The third-order valence-corrected chi connectivity index (χ3v) is 3.11. The van der Waals surface area contributed by atoms with Gasteiger partial charge in [-0.15, -0.1) is 0 Å². The molecular weight excluding hydrogens is 246 g/mol. The van der Waals surface area contributed by atoms with Crippen molar-refractivity contribution >= 4 is 17.3 Å². The van der Waals surface area contributed by atoms with Crippen LogP contribution in [0.2, 0.25) is 5.02 Å². The molecule has 0 saturated carbocycles. The van der Waals surface area contributed by atoms with Gasteiger partial charge in [-0.3, -0.25) is 0 Å². The zero-order valence-electron chi connectivity index (χ0n) is 11.6. The molecule has 0 bridgehead atoms. The highest BCUT2D eigenvalue weighted by Crippen LogP contribution is 2.29. The summed E-state index contributed by atoms with van der Waals surface area (Å²) in [5, 5.41) is 4.31. The highest BCUT2D eigenvalue weighted by Gasteiger charge is 2.10. The van der Waals surface area contributed by atoms with Crippen molar-refractivity contribution in [1.82, 2.24) is 0 Å². The predicted octanol–water partition coefficient (Wildman–Crippen LogP) is 5.12. The Kier molecular flexibility index (Phi) is 6.96. The van der Waals surface area contributed by atoms with Crippen molar-refractivity contribution in [2.45, 2.75) is 52.5 Å². The molecule has 0 unspecified atom stereocenters. The molecule has 0 radical (unpaired) electrons. The molecule has 18 heavy (non-hydrogen) atoms. The standard InChI is InChI=1S/C15H24ClNO/c1-4-7-13(8-5-2)17-14-11-12(16)9-10-15(14)18-6-3/h9-11,13,17H,4-8H2,1-3H3. The lowest BCUT2D eigenvalue weighted by Crippen LogP contribution is -2.19. The van der Waals surface area contributed by atoms with Crippen molar-refractivity contribution in [3.05, 3.63) is 23.2 Å². The Labute approximate surface area is 116 Å². The average molecular weight is 270 g/mol. The normalized spacial score (nSPS) is 10.7. The fourth-order valence-electron chi connectivity index (χ4n) is 2.10. The quantitative estimate of drug-likeness (QED) is 0.707. The van der Waals surface area contributed by atoms with Gasteiger partial charge in [-0.05, 0) is 38.0 Å². The number of hydrogen-bond acceptors (Lipinski definition) is 2. The minimum Gasteiger partial charge on any atom is -0.492 e. The second-order valence-electron chi connectivity index (χ2n) is 4.49. The molecule has 0 saturated heterocycles. The Bertz CT molecular complexity index is 348. The molecule has 0 heterocycles. The van der Waals surface area contributed by atoms with E-state index in [2.05, 4.69) is 19.2 Å². The first kappa shape index (κ1) is 15.2. The van der Waals surface area contributed by atoms with Crippen molar-refractivity contribution in [3.63, 3.8) is 0 Å². The molecule has 1 aromatic rings. The Hall–Kier alpha value is -0.890. The lowest BCUT2D eigenvalue weighted by atomic mass is 10.1. The Morgan fingerprint density at radius 2 is 1.83 bits per heavy atom. The summed E-state index contributed by atoms with van der Waals surface area (Å²) in [6.45, 7) is 7.09. The van der Waals surface area contributed by atoms with Gasteiger partial charge in [-0.25, -0.2) is 0 Å². The Balaban J connectivity index is 2.81. The van der Waals surface area contributed by atoms with E-state index in [-0.39, 0.29) is 0 Å². The van der Waals surface area contributed by atoms with Crippen molar-refractivity contribution in [2.75, 3.05) is 11.9 Å². The van der Waals surface area contributed by atoms with Crippen LogP contribution < -0.4 is 10.1 Å². The zero-order chi connectivity index (χ0) is 13.4. The molecule has 0 spiro atoms. The predicted molar refractivity (Wildman–Crippen MR) is 79.8 cm³/mol. The van der Waals surface area contributed by atoms with Crippen LogP contribution in [0.25, 0.3) is 0 Å². The van der Waals surface area contributed by atoms with Crippen molar-refractivity contribution in [1.29, 1.82) is 0 Å². The summed E-state index contributed by atoms with van der Waals surface area (Å²) in [6.07, 6.45) is 4.71. The summed E-state index contributed by atoms with van der Waals surface area (Å²) in [4.78, 5) is 0. The molecule has 0 amide bonds. The minimum absolute atomic E-state index is 0.498. The van der Waals surface area contributed by atoms with Gasteiger partial charge in [0.1, 0.15) is 5.75 Å². The molecule has 3 heteroatoms. The van der Waals surface area contributed by atoms with E-state index in [0.717, 1.165) is 16.5 Å². The maximum Gasteiger partial charge on any atom is 0.142 e. The van der Waals surface area contributed by atoms with Crippen LogP contribution in [0.15, 0.2) is 18.2 Å². The second kappa shape index (κ2) is 8.25. The second-order valence-corrected chi connectivity index (χ2v) is 4.93. The third kappa shape index (κ3) is 4.77. The lowest BCUT2D eigenvalue weighted by molar-refractivity contribution is 0.341. The van der Waals surface area contributed by atoms with E-state index in [1.165, 1.54) is 25.7 Å². The van der Waals surface area contributed by atoms with Crippen LogP contribution in [-0.4, -0.2) is 12.6 Å². The molecule has 1 aromatic carbocycles. The van der Waals surface area contributed by atoms with E-state index in [0.29, 0.717) is 12.6 Å².